The Morgan fingerprint density at radius 1 is 1.10 bits per heavy atom. The van der Waals surface area contributed by atoms with Gasteiger partial charge >= 0.3 is 0 Å². The summed E-state index contributed by atoms with van der Waals surface area (Å²) in [4.78, 5) is 17.1. The third kappa shape index (κ3) is 3.49. The maximum absolute atomic E-state index is 14.0. The van der Waals surface area contributed by atoms with E-state index in [2.05, 4.69) is 15.4 Å². The van der Waals surface area contributed by atoms with Crippen molar-refractivity contribution in [3.8, 4) is 16.6 Å². The normalized spacial score (nSPS) is 11.2. The van der Waals surface area contributed by atoms with Gasteiger partial charge in [0.15, 0.2) is 5.76 Å². The molecule has 3 heterocycles. The van der Waals surface area contributed by atoms with Crippen molar-refractivity contribution in [3.63, 3.8) is 0 Å². The molecule has 1 N–H and O–H groups in total. The van der Waals surface area contributed by atoms with Gasteiger partial charge in [-0.2, -0.15) is 9.78 Å². The third-order valence-corrected chi connectivity index (χ3v) is 5.43. The fraction of sp³-hybridized carbons (Fsp3) is 0.0455. The number of carbonyl (C=O) groups excluding carboxylic acids is 1. The smallest absolute Gasteiger partial charge is 0.262 e. The summed E-state index contributed by atoms with van der Waals surface area (Å²) in [5.74, 6) is -1.95. The number of nitrogens with zero attached hydrogens (tertiary/aromatic N) is 3. The van der Waals surface area contributed by atoms with Crippen molar-refractivity contribution in [2.75, 3.05) is 5.32 Å². The zero-order valence-corrected chi connectivity index (χ0v) is 16.9. The first kappa shape index (κ1) is 19.1. The largest absolute Gasteiger partial charge is 0.454 e. The number of hydrogen-bond donors (Lipinski definition) is 1. The lowest BCUT2D eigenvalue weighted by Crippen LogP contribution is -2.18. The van der Waals surface area contributed by atoms with E-state index < -0.39 is 23.1 Å². The molecule has 154 valence electrons. The zero-order chi connectivity index (χ0) is 21.5. The summed E-state index contributed by atoms with van der Waals surface area (Å²) in [5, 5.41) is 10.1. The third-order valence-electron chi connectivity index (χ3n) is 4.61. The van der Waals surface area contributed by atoms with E-state index in [-0.39, 0.29) is 5.82 Å². The van der Waals surface area contributed by atoms with E-state index in [0.717, 1.165) is 23.1 Å². The molecule has 2 aromatic carbocycles. The van der Waals surface area contributed by atoms with Crippen LogP contribution in [0.25, 0.3) is 27.6 Å². The van der Waals surface area contributed by atoms with E-state index >= 15 is 0 Å². The lowest BCUT2D eigenvalue weighted by Gasteiger charge is -2.08. The minimum Gasteiger partial charge on any atom is -0.454 e. The molecule has 1 amide bonds. The summed E-state index contributed by atoms with van der Waals surface area (Å²) >= 11 is 1.29. The van der Waals surface area contributed by atoms with Gasteiger partial charge < -0.3 is 9.73 Å². The second-order valence-electron chi connectivity index (χ2n) is 6.80. The van der Waals surface area contributed by atoms with Crippen molar-refractivity contribution in [2.24, 2.45) is 0 Å². The Morgan fingerprint density at radius 2 is 1.87 bits per heavy atom. The van der Waals surface area contributed by atoms with E-state index in [9.17, 15) is 13.6 Å². The van der Waals surface area contributed by atoms with Crippen LogP contribution in [0, 0.1) is 18.6 Å². The molecule has 0 atom stereocenters. The number of fused-ring (bicyclic) bond motifs is 1. The average Bonchev–Trinajstić information content (AvgIpc) is 3.45. The highest BCUT2D eigenvalue weighted by atomic mass is 32.1. The van der Waals surface area contributed by atoms with E-state index in [1.807, 2.05) is 35.7 Å². The molecule has 0 radical (unpaired) electrons. The monoisotopic (exact) mass is 436 g/mol. The van der Waals surface area contributed by atoms with Gasteiger partial charge in [-0.15, -0.1) is 11.3 Å². The summed E-state index contributed by atoms with van der Waals surface area (Å²) in [6.07, 6.45) is 0. The lowest BCUT2D eigenvalue weighted by molar-refractivity contribution is 0.101. The number of thiazole rings is 1. The highest BCUT2D eigenvalue weighted by molar-refractivity contribution is 7.12. The average molecular weight is 436 g/mol. The van der Waals surface area contributed by atoms with Crippen LogP contribution in [0.4, 0.5) is 14.6 Å². The van der Waals surface area contributed by atoms with E-state index in [1.54, 1.807) is 13.0 Å². The molecule has 3 aromatic heterocycles. The Bertz CT molecular complexity index is 1380. The number of aromatic nitrogens is 3. The molecular formula is C22H14F2N4O2S. The number of aryl methyl sites for hydroxylation is 1. The molecule has 0 aliphatic heterocycles. The molecule has 5 rings (SSSR count). The Kier molecular flexibility index (Phi) is 4.59. The molecule has 31 heavy (non-hydrogen) atoms. The van der Waals surface area contributed by atoms with Gasteiger partial charge in [-0.25, -0.2) is 13.8 Å². The number of para-hydroxylation sites is 1. The molecule has 0 saturated heterocycles. The zero-order valence-electron chi connectivity index (χ0n) is 16.1. The van der Waals surface area contributed by atoms with Crippen molar-refractivity contribution < 1.29 is 18.0 Å². The summed E-state index contributed by atoms with van der Waals surface area (Å²) in [7, 11) is 0. The molecule has 0 fully saturated rings. The van der Waals surface area contributed by atoms with Gasteiger partial charge in [0.1, 0.15) is 34.3 Å². The molecule has 0 saturated carbocycles. The van der Waals surface area contributed by atoms with Gasteiger partial charge in [0.05, 0.1) is 5.69 Å². The summed E-state index contributed by atoms with van der Waals surface area (Å²) < 4.78 is 35.2. The molecular weight excluding hydrogens is 422 g/mol. The van der Waals surface area contributed by atoms with Crippen LogP contribution in [0.3, 0.4) is 0 Å². The van der Waals surface area contributed by atoms with Gasteiger partial charge in [0.25, 0.3) is 5.91 Å². The minimum atomic E-state index is -0.943. The van der Waals surface area contributed by atoms with Crippen LogP contribution in [0.2, 0.25) is 0 Å². The van der Waals surface area contributed by atoms with Crippen molar-refractivity contribution in [2.45, 2.75) is 6.92 Å². The maximum atomic E-state index is 14.0. The van der Waals surface area contributed by atoms with Crippen LogP contribution in [0.5, 0.6) is 0 Å². The highest BCUT2D eigenvalue weighted by Crippen LogP contribution is 2.30. The second-order valence-corrected chi connectivity index (χ2v) is 7.63. The van der Waals surface area contributed by atoms with Crippen LogP contribution in [0.1, 0.15) is 16.1 Å². The molecule has 0 aliphatic rings. The highest BCUT2D eigenvalue weighted by Gasteiger charge is 2.21. The van der Waals surface area contributed by atoms with E-state index in [0.29, 0.717) is 22.3 Å². The predicted molar refractivity (Wildman–Crippen MR) is 113 cm³/mol. The maximum Gasteiger partial charge on any atom is 0.262 e. The molecule has 0 spiro atoms. The standard InChI is InChI=1S/C22H14F2N4O2S/c1-12-9-19(26-21(29)20-14(23)6-4-7-15(20)24)28(27-12)22-25-16(11-31-22)18-10-13-5-2-3-8-17(13)30-18/h2-11H,1H3,(H,26,29). The SMILES string of the molecule is Cc1cc(NC(=O)c2c(F)cccc2F)n(-c2nc(-c3cc4ccccc4o3)cs2)n1. The Balaban J connectivity index is 1.48. The molecule has 0 bridgehead atoms. The number of anilines is 1. The summed E-state index contributed by atoms with van der Waals surface area (Å²) in [6.45, 7) is 1.74. The van der Waals surface area contributed by atoms with E-state index in [4.69, 9.17) is 4.42 Å². The minimum absolute atomic E-state index is 0.246. The molecule has 9 heteroatoms. The van der Waals surface area contributed by atoms with Gasteiger partial charge in [-0.3, -0.25) is 4.79 Å². The Morgan fingerprint density at radius 3 is 2.65 bits per heavy atom. The van der Waals surface area contributed by atoms with Crippen molar-refractivity contribution in [3.05, 3.63) is 82.9 Å². The molecule has 6 nitrogen and oxygen atoms in total. The molecule has 0 unspecified atom stereocenters. The van der Waals surface area contributed by atoms with Crippen LogP contribution >= 0.6 is 11.3 Å². The van der Waals surface area contributed by atoms with Crippen molar-refractivity contribution in [1.29, 1.82) is 0 Å². The van der Waals surface area contributed by atoms with Gasteiger partial charge in [-0.1, -0.05) is 24.3 Å². The fourth-order valence-corrected chi connectivity index (χ4v) is 3.99. The predicted octanol–water partition coefficient (Wildman–Crippen LogP) is 5.58. The number of nitrogens with one attached hydrogen (secondary N) is 1. The number of halogens is 2. The molecule has 5 aromatic rings. The molecule has 0 aliphatic carbocycles. The van der Waals surface area contributed by atoms with Crippen molar-refractivity contribution >= 4 is 34.0 Å². The lowest BCUT2D eigenvalue weighted by atomic mass is 10.2. The Labute approximate surface area is 178 Å². The van der Waals surface area contributed by atoms with E-state index in [1.165, 1.54) is 22.1 Å². The second kappa shape index (κ2) is 7.44. The van der Waals surface area contributed by atoms with Crippen LogP contribution in [-0.4, -0.2) is 20.7 Å². The summed E-state index contributed by atoms with van der Waals surface area (Å²) in [5.41, 5.74) is 1.31. The first-order valence-electron chi connectivity index (χ1n) is 9.26. The number of carbonyl (C=O) groups is 1. The number of furan rings is 1. The number of rotatable bonds is 4. The fourth-order valence-electron chi connectivity index (χ4n) is 3.21. The quantitative estimate of drug-likeness (QED) is 0.399. The Hall–Kier alpha value is -3.85. The number of amides is 1. The van der Waals surface area contributed by atoms with Crippen LogP contribution in [0.15, 0.2) is 64.4 Å². The van der Waals surface area contributed by atoms with Gasteiger partial charge in [-0.05, 0) is 31.2 Å². The summed E-state index contributed by atoms with van der Waals surface area (Å²) in [6, 6.07) is 14.4. The van der Waals surface area contributed by atoms with Crippen LogP contribution < -0.4 is 5.32 Å². The van der Waals surface area contributed by atoms with Gasteiger partial charge in [0, 0.05) is 16.8 Å². The topological polar surface area (TPSA) is 73.0 Å². The first-order chi connectivity index (χ1) is 15.0. The first-order valence-corrected chi connectivity index (χ1v) is 10.1. The van der Waals surface area contributed by atoms with Crippen LogP contribution in [-0.2, 0) is 0 Å². The number of benzene rings is 2. The number of hydrogen-bond acceptors (Lipinski definition) is 5. The van der Waals surface area contributed by atoms with Crippen molar-refractivity contribution in [1.82, 2.24) is 14.8 Å². The van der Waals surface area contributed by atoms with Gasteiger partial charge in [0.2, 0.25) is 5.13 Å².